The van der Waals surface area contributed by atoms with Crippen molar-refractivity contribution in [3.63, 3.8) is 0 Å². The molecular formula is C11H6Br2Cl2OS. The minimum Gasteiger partial charge on any atom is -0.384 e. The summed E-state index contributed by atoms with van der Waals surface area (Å²) < 4.78 is 1.83. The minimum absolute atomic E-state index is 0.511. The molecule has 0 aliphatic heterocycles. The fraction of sp³-hybridized carbons (Fsp3) is 0.0909. The number of rotatable bonds is 2. The highest BCUT2D eigenvalue weighted by atomic mass is 79.9. The second kappa shape index (κ2) is 5.59. The number of aliphatic hydroxyl groups is 1. The van der Waals surface area contributed by atoms with Gasteiger partial charge in [-0.15, -0.1) is 11.3 Å². The fourth-order valence-electron chi connectivity index (χ4n) is 1.45. The van der Waals surface area contributed by atoms with Crippen LogP contribution in [0.1, 0.15) is 17.2 Å². The van der Waals surface area contributed by atoms with Crippen molar-refractivity contribution in [2.75, 3.05) is 0 Å². The van der Waals surface area contributed by atoms with Crippen LogP contribution in [0.25, 0.3) is 0 Å². The molecule has 6 heteroatoms. The van der Waals surface area contributed by atoms with Gasteiger partial charge in [0.1, 0.15) is 6.10 Å². The Balaban J connectivity index is 2.43. The van der Waals surface area contributed by atoms with Crippen molar-refractivity contribution < 1.29 is 5.11 Å². The predicted molar refractivity (Wildman–Crippen MR) is 80.2 cm³/mol. The van der Waals surface area contributed by atoms with E-state index >= 15 is 0 Å². The highest BCUT2D eigenvalue weighted by Crippen LogP contribution is 2.38. The minimum atomic E-state index is -0.747. The van der Waals surface area contributed by atoms with Crippen LogP contribution in [0.3, 0.4) is 0 Å². The first kappa shape index (κ1) is 13.8. The fourth-order valence-corrected chi connectivity index (χ4v) is 4.88. The molecule has 1 atom stereocenters. The number of thiophene rings is 1. The van der Waals surface area contributed by atoms with Gasteiger partial charge in [-0.3, -0.25) is 0 Å². The van der Waals surface area contributed by atoms with E-state index in [1.165, 1.54) is 11.3 Å². The Morgan fingerprint density at radius 2 is 1.65 bits per heavy atom. The van der Waals surface area contributed by atoms with E-state index in [1.54, 1.807) is 18.2 Å². The molecule has 0 amide bonds. The first-order valence-corrected chi connectivity index (χ1v) is 7.72. The zero-order valence-corrected chi connectivity index (χ0v) is 13.8. The van der Waals surface area contributed by atoms with E-state index in [0.717, 1.165) is 13.1 Å². The van der Waals surface area contributed by atoms with Gasteiger partial charge in [0.15, 0.2) is 0 Å². The standard InChI is InChI=1S/C11H6Br2Cl2OS/c12-9-4-8(11(13)17-9)10(16)5-1-6(14)3-7(15)2-5/h1-4,10,16H. The number of benzene rings is 1. The third-order valence-corrected chi connectivity index (χ3v) is 5.00. The Morgan fingerprint density at radius 3 is 2.12 bits per heavy atom. The van der Waals surface area contributed by atoms with Gasteiger partial charge in [-0.2, -0.15) is 0 Å². The number of halogens is 4. The van der Waals surface area contributed by atoms with E-state index in [0.29, 0.717) is 15.6 Å². The molecule has 2 rings (SSSR count). The van der Waals surface area contributed by atoms with Gasteiger partial charge in [-0.05, 0) is 61.7 Å². The molecule has 0 aliphatic carbocycles. The normalized spacial score (nSPS) is 12.8. The molecule has 1 aromatic carbocycles. The average molecular weight is 417 g/mol. The zero-order valence-electron chi connectivity index (χ0n) is 8.25. The molecule has 1 N–H and O–H groups in total. The lowest BCUT2D eigenvalue weighted by Gasteiger charge is -2.11. The lowest BCUT2D eigenvalue weighted by atomic mass is 10.0. The van der Waals surface area contributed by atoms with E-state index in [1.807, 2.05) is 6.07 Å². The van der Waals surface area contributed by atoms with Crippen LogP contribution < -0.4 is 0 Å². The molecule has 0 aliphatic rings. The Hall–Kier alpha value is 0.420. The SMILES string of the molecule is OC(c1cc(Cl)cc(Cl)c1)c1cc(Br)sc1Br. The summed E-state index contributed by atoms with van der Waals surface area (Å²) in [5, 5.41) is 11.3. The van der Waals surface area contributed by atoms with Crippen molar-refractivity contribution in [1.82, 2.24) is 0 Å². The van der Waals surface area contributed by atoms with Crippen LogP contribution in [-0.2, 0) is 0 Å². The summed E-state index contributed by atoms with van der Waals surface area (Å²) in [4.78, 5) is 0. The van der Waals surface area contributed by atoms with Crippen molar-refractivity contribution >= 4 is 66.4 Å². The first-order valence-electron chi connectivity index (χ1n) is 4.56. The summed E-state index contributed by atoms with van der Waals surface area (Å²) in [6.45, 7) is 0. The molecule has 1 unspecified atom stereocenters. The van der Waals surface area contributed by atoms with Crippen LogP contribution in [0.4, 0.5) is 0 Å². The van der Waals surface area contributed by atoms with Gasteiger partial charge >= 0.3 is 0 Å². The van der Waals surface area contributed by atoms with Crippen molar-refractivity contribution in [1.29, 1.82) is 0 Å². The van der Waals surface area contributed by atoms with Gasteiger partial charge in [0.2, 0.25) is 0 Å². The second-order valence-electron chi connectivity index (χ2n) is 3.38. The van der Waals surface area contributed by atoms with E-state index in [-0.39, 0.29) is 0 Å². The molecule has 1 nitrogen and oxygen atoms in total. The van der Waals surface area contributed by atoms with Crippen molar-refractivity contribution in [3.8, 4) is 0 Å². The van der Waals surface area contributed by atoms with E-state index in [2.05, 4.69) is 31.9 Å². The van der Waals surface area contributed by atoms with E-state index in [4.69, 9.17) is 23.2 Å². The maximum Gasteiger partial charge on any atom is 0.106 e. The van der Waals surface area contributed by atoms with Crippen LogP contribution in [0.2, 0.25) is 10.0 Å². The van der Waals surface area contributed by atoms with Crippen LogP contribution in [0, 0.1) is 0 Å². The van der Waals surface area contributed by atoms with E-state index in [9.17, 15) is 5.11 Å². The number of hydrogen-bond acceptors (Lipinski definition) is 2. The van der Waals surface area contributed by atoms with Gasteiger partial charge in [0.25, 0.3) is 0 Å². The maximum absolute atomic E-state index is 10.3. The molecule has 0 saturated heterocycles. The lowest BCUT2D eigenvalue weighted by Crippen LogP contribution is -1.98. The van der Waals surface area contributed by atoms with Crippen LogP contribution in [0.15, 0.2) is 31.8 Å². The Kier molecular flexibility index (Phi) is 4.55. The Labute approximate surface area is 130 Å². The summed E-state index contributed by atoms with van der Waals surface area (Å²) >= 11 is 20.1. The average Bonchev–Trinajstić information content (AvgIpc) is 2.55. The second-order valence-corrected chi connectivity index (χ2v) is 8.01. The highest BCUT2D eigenvalue weighted by molar-refractivity contribution is 9.12. The van der Waals surface area contributed by atoms with Gasteiger partial charge in [0.05, 0.1) is 7.57 Å². The topological polar surface area (TPSA) is 20.2 Å². The van der Waals surface area contributed by atoms with Crippen molar-refractivity contribution in [2.24, 2.45) is 0 Å². The summed E-state index contributed by atoms with van der Waals surface area (Å²) in [7, 11) is 0. The molecule has 0 saturated carbocycles. The smallest absolute Gasteiger partial charge is 0.106 e. The first-order chi connectivity index (χ1) is 7.97. The molecule has 2 aromatic rings. The lowest BCUT2D eigenvalue weighted by molar-refractivity contribution is 0.220. The van der Waals surface area contributed by atoms with Crippen molar-refractivity contribution in [3.05, 3.63) is 53.0 Å². The molecule has 90 valence electrons. The number of aliphatic hydroxyl groups excluding tert-OH is 1. The van der Waals surface area contributed by atoms with Crippen LogP contribution >= 0.6 is 66.4 Å². The van der Waals surface area contributed by atoms with Gasteiger partial charge in [0, 0.05) is 15.6 Å². The monoisotopic (exact) mass is 414 g/mol. The summed E-state index contributed by atoms with van der Waals surface area (Å²) in [6, 6.07) is 6.92. The third kappa shape index (κ3) is 3.25. The summed E-state index contributed by atoms with van der Waals surface area (Å²) in [5.41, 5.74) is 1.47. The number of hydrogen-bond donors (Lipinski definition) is 1. The molecule has 0 spiro atoms. The van der Waals surface area contributed by atoms with Crippen LogP contribution in [-0.4, -0.2) is 5.11 Å². The quantitative estimate of drug-likeness (QED) is 0.669. The Bertz CT molecular complexity index is 536. The zero-order chi connectivity index (χ0) is 12.6. The highest BCUT2D eigenvalue weighted by Gasteiger charge is 2.17. The van der Waals surface area contributed by atoms with Gasteiger partial charge in [-0.1, -0.05) is 23.2 Å². The molecule has 0 fully saturated rings. The molecule has 1 aromatic heterocycles. The summed E-state index contributed by atoms with van der Waals surface area (Å²) in [5.74, 6) is 0. The largest absolute Gasteiger partial charge is 0.384 e. The molecule has 17 heavy (non-hydrogen) atoms. The van der Waals surface area contributed by atoms with Crippen molar-refractivity contribution in [2.45, 2.75) is 6.10 Å². The van der Waals surface area contributed by atoms with E-state index < -0.39 is 6.10 Å². The third-order valence-electron chi connectivity index (χ3n) is 2.18. The molecule has 0 bridgehead atoms. The van der Waals surface area contributed by atoms with Gasteiger partial charge in [-0.25, -0.2) is 0 Å². The van der Waals surface area contributed by atoms with Crippen LogP contribution in [0.5, 0.6) is 0 Å². The molecule has 0 radical (unpaired) electrons. The predicted octanol–water partition coefficient (Wildman–Crippen LogP) is 5.66. The molecular weight excluding hydrogens is 411 g/mol. The summed E-state index contributed by atoms with van der Waals surface area (Å²) in [6.07, 6.45) is -0.747. The Morgan fingerprint density at radius 1 is 1.06 bits per heavy atom. The van der Waals surface area contributed by atoms with Gasteiger partial charge < -0.3 is 5.11 Å². The maximum atomic E-state index is 10.3. The molecule has 1 heterocycles.